The standard InChI is InChI=1S/C17H19NO3/c1-3-15(14-9-4-5-10-16(14)21-2)18-13-8-6-7-12(11-13)17(19)20/h4-11,15,18H,3H2,1-2H3,(H,19,20). The van der Waals surface area contributed by atoms with Crippen LogP contribution in [0, 0.1) is 0 Å². The molecule has 0 aliphatic carbocycles. The Morgan fingerprint density at radius 2 is 2.00 bits per heavy atom. The van der Waals surface area contributed by atoms with Gasteiger partial charge in [-0.15, -0.1) is 0 Å². The van der Waals surface area contributed by atoms with Crippen molar-refractivity contribution in [3.05, 3.63) is 59.7 Å². The van der Waals surface area contributed by atoms with Crippen LogP contribution in [0.4, 0.5) is 5.69 Å². The summed E-state index contributed by atoms with van der Waals surface area (Å²) in [6, 6.07) is 14.7. The number of methoxy groups -OCH3 is 1. The number of benzene rings is 2. The summed E-state index contributed by atoms with van der Waals surface area (Å²) in [4.78, 5) is 11.0. The molecule has 2 aromatic carbocycles. The second-order valence-corrected chi connectivity index (χ2v) is 4.73. The molecule has 0 saturated carbocycles. The van der Waals surface area contributed by atoms with Crippen molar-refractivity contribution in [3.8, 4) is 5.75 Å². The van der Waals surface area contributed by atoms with Gasteiger partial charge in [-0.3, -0.25) is 0 Å². The van der Waals surface area contributed by atoms with Gasteiger partial charge in [-0.25, -0.2) is 4.79 Å². The average Bonchev–Trinajstić information content (AvgIpc) is 2.52. The number of carboxylic acids is 1. The van der Waals surface area contributed by atoms with E-state index < -0.39 is 5.97 Å². The van der Waals surface area contributed by atoms with E-state index in [1.807, 2.05) is 30.3 Å². The third-order valence-corrected chi connectivity index (χ3v) is 3.37. The molecule has 0 heterocycles. The monoisotopic (exact) mass is 285 g/mol. The van der Waals surface area contributed by atoms with Gasteiger partial charge in [-0.05, 0) is 30.7 Å². The Balaban J connectivity index is 2.27. The lowest BCUT2D eigenvalue weighted by Gasteiger charge is -2.21. The Bertz CT molecular complexity index is 625. The van der Waals surface area contributed by atoms with Crippen molar-refractivity contribution in [2.45, 2.75) is 19.4 Å². The molecule has 2 aromatic rings. The minimum atomic E-state index is -0.927. The molecule has 110 valence electrons. The van der Waals surface area contributed by atoms with Crippen LogP contribution in [0.15, 0.2) is 48.5 Å². The van der Waals surface area contributed by atoms with Crippen LogP contribution in [0.5, 0.6) is 5.75 Å². The number of para-hydroxylation sites is 1. The Morgan fingerprint density at radius 3 is 2.67 bits per heavy atom. The van der Waals surface area contributed by atoms with Crippen LogP contribution in [-0.2, 0) is 0 Å². The smallest absolute Gasteiger partial charge is 0.335 e. The van der Waals surface area contributed by atoms with Gasteiger partial charge in [0.15, 0.2) is 0 Å². The number of carboxylic acid groups (broad SMARTS) is 1. The van der Waals surface area contributed by atoms with Crippen molar-refractivity contribution in [2.75, 3.05) is 12.4 Å². The average molecular weight is 285 g/mol. The lowest BCUT2D eigenvalue weighted by atomic mass is 10.0. The van der Waals surface area contributed by atoms with Crippen molar-refractivity contribution >= 4 is 11.7 Å². The van der Waals surface area contributed by atoms with Crippen molar-refractivity contribution < 1.29 is 14.6 Å². The van der Waals surface area contributed by atoms with E-state index in [9.17, 15) is 4.79 Å². The Kier molecular flexibility index (Phi) is 4.82. The molecule has 1 atom stereocenters. The second-order valence-electron chi connectivity index (χ2n) is 4.73. The summed E-state index contributed by atoms with van der Waals surface area (Å²) in [5.41, 5.74) is 2.12. The van der Waals surface area contributed by atoms with Crippen LogP contribution < -0.4 is 10.1 Å². The molecule has 0 aliphatic heterocycles. The molecule has 0 bridgehead atoms. The number of carbonyl (C=O) groups is 1. The fourth-order valence-electron chi connectivity index (χ4n) is 2.30. The van der Waals surface area contributed by atoms with Gasteiger partial charge in [0, 0.05) is 11.3 Å². The predicted octanol–water partition coefficient (Wildman–Crippen LogP) is 3.96. The molecule has 4 nitrogen and oxygen atoms in total. The fraction of sp³-hybridized carbons (Fsp3) is 0.235. The lowest BCUT2D eigenvalue weighted by Crippen LogP contribution is -2.11. The first kappa shape index (κ1) is 14.9. The van der Waals surface area contributed by atoms with E-state index in [0.717, 1.165) is 23.4 Å². The number of hydrogen-bond donors (Lipinski definition) is 2. The van der Waals surface area contributed by atoms with Crippen molar-refractivity contribution in [1.29, 1.82) is 0 Å². The van der Waals surface area contributed by atoms with Crippen molar-refractivity contribution in [3.63, 3.8) is 0 Å². The SMILES string of the molecule is CCC(Nc1cccc(C(=O)O)c1)c1ccccc1OC. The van der Waals surface area contributed by atoms with E-state index in [0.29, 0.717) is 0 Å². The third kappa shape index (κ3) is 3.54. The molecule has 0 spiro atoms. The van der Waals surface area contributed by atoms with Crippen molar-refractivity contribution in [1.82, 2.24) is 0 Å². The van der Waals surface area contributed by atoms with Crippen LogP contribution >= 0.6 is 0 Å². The zero-order valence-electron chi connectivity index (χ0n) is 12.2. The van der Waals surface area contributed by atoms with Crippen molar-refractivity contribution in [2.24, 2.45) is 0 Å². The topological polar surface area (TPSA) is 58.6 Å². The van der Waals surface area contributed by atoms with Gasteiger partial charge in [-0.2, -0.15) is 0 Å². The van der Waals surface area contributed by atoms with E-state index >= 15 is 0 Å². The maximum absolute atomic E-state index is 11.0. The summed E-state index contributed by atoms with van der Waals surface area (Å²) in [6.45, 7) is 2.07. The molecule has 0 saturated heterocycles. The number of hydrogen-bond acceptors (Lipinski definition) is 3. The Morgan fingerprint density at radius 1 is 1.24 bits per heavy atom. The molecule has 4 heteroatoms. The summed E-state index contributed by atoms with van der Waals surface area (Å²) in [7, 11) is 1.65. The lowest BCUT2D eigenvalue weighted by molar-refractivity contribution is 0.0697. The highest BCUT2D eigenvalue weighted by Gasteiger charge is 2.14. The second kappa shape index (κ2) is 6.79. The summed E-state index contributed by atoms with van der Waals surface area (Å²) < 4.78 is 5.39. The molecule has 21 heavy (non-hydrogen) atoms. The molecule has 2 N–H and O–H groups in total. The van der Waals surface area contributed by atoms with Gasteiger partial charge in [0.25, 0.3) is 0 Å². The van der Waals surface area contributed by atoms with Gasteiger partial charge in [0.1, 0.15) is 5.75 Å². The number of aromatic carboxylic acids is 1. The van der Waals surface area contributed by atoms with Crippen LogP contribution in [0.3, 0.4) is 0 Å². The molecule has 0 aliphatic rings. The molecule has 0 aromatic heterocycles. The fourth-order valence-corrected chi connectivity index (χ4v) is 2.30. The highest BCUT2D eigenvalue weighted by molar-refractivity contribution is 5.88. The first-order valence-electron chi connectivity index (χ1n) is 6.88. The van der Waals surface area contributed by atoms with Gasteiger partial charge in [-0.1, -0.05) is 31.2 Å². The molecule has 2 rings (SSSR count). The van der Waals surface area contributed by atoms with Crippen LogP contribution in [0.2, 0.25) is 0 Å². The van der Waals surface area contributed by atoms with Gasteiger partial charge >= 0.3 is 5.97 Å². The molecule has 0 amide bonds. The summed E-state index contributed by atoms with van der Waals surface area (Å²) in [5, 5.41) is 12.4. The van der Waals surface area contributed by atoms with Crippen LogP contribution in [-0.4, -0.2) is 18.2 Å². The maximum atomic E-state index is 11.0. The normalized spacial score (nSPS) is 11.7. The van der Waals surface area contributed by atoms with E-state index in [2.05, 4.69) is 12.2 Å². The molecule has 0 radical (unpaired) electrons. The Hall–Kier alpha value is -2.49. The number of ether oxygens (including phenoxy) is 1. The highest BCUT2D eigenvalue weighted by Crippen LogP contribution is 2.30. The van der Waals surface area contributed by atoms with E-state index in [1.54, 1.807) is 25.3 Å². The molecule has 0 fully saturated rings. The van der Waals surface area contributed by atoms with Gasteiger partial charge < -0.3 is 15.2 Å². The largest absolute Gasteiger partial charge is 0.496 e. The molecule has 1 unspecified atom stereocenters. The third-order valence-electron chi connectivity index (χ3n) is 3.37. The minimum absolute atomic E-state index is 0.0604. The quantitative estimate of drug-likeness (QED) is 0.843. The van der Waals surface area contributed by atoms with Gasteiger partial charge in [0.2, 0.25) is 0 Å². The van der Waals surface area contributed by atoms with Crippen LogP contribution in [0.25, 0.3) is 0 Å². The van der Waals surface area contributed by atoms with E-state index in [-0.39, 0.29) is 11.6 Å². The number of anilines is 1. The summed E-state index contributed by atoms with van der Waals surface area (Å²) in [6.07, 6.45) is 0.859. The Labute approximate surface area is 124 Å². The summed E-state index contributed by atoms with van der Waals surface area (Å²) in [5.74, 6) is -0.102. The van der Waals surface area contributed by atoms with Crippen LogP contribution in [0.1, 0.15) is 35.3 Å². The van der Waals surface area contributed by atoms with Gasteiger partial charge in [0.05, 0.1) is 18.7 Å². The highest BCUT2D eigenvalue weighted by atomic mass is 16.5. The molecular weight excluding hydrogens is 266 g/mol. The maximum Gasteiger partial charge on any atom is 0.335 e. The zero-order valence-corrected chi connectivity index (χ0v) is 12.2. The summed E-state index contributed by atoms with van der Waals surface area (Å²) >= 11 is 0. The zero-order chi connectivity index (χ0) is 15.2. The molecular formula is C17H19NO3. The van der Waals surface area contributed by atoms with E-state index in [4.69, 9.17) is 9.84 Å². The number of nitrogens with one attached hydrogen (secondary N) is 1. The van der Waals surface area contributed by atoms with E-state index in [1.165, 1.54) is 0 Å². The number of rotatable bonds is 6. The first-order valence-corrected chi connectivity index (χ1v) is 6.88. The minimum Gasteiger partial charge on any atom is -0.496 e. The first-order chi connectivity index (χ1) is 10.2. The predicted molar refractivity (Wildman–Crippen MR) is 83.1 cm³/mol.